The zero-order valence-electron chi connectivity index (χ0n) is 18.1. The topological polar surface area (TPSA) is 113 Å². The molecule has 0 bridgehead atoms. The first-order chi connectivity index (χ1) is 15.6. The summed E-state index contributed by atoms with van der Waals surface area (Å²) in [7, 11) is 0. The van der Waals surface area contributed by atoms with E-state index in [0.717, 1.165) is 0 Å². The van der Waals surface area contributed by atoms with Crippen molar-refractivity contribution in [1.29, 1.82) is 0 Å². The smallest absolute Gasteiger partial charge is 0.335 e. The van der Waals surface area contributed by atoms with Crippen molar-refractivity contribution in [2.75, 3.05) is 5.32 Å². The van der Waals surface area contributed by atoms with Gasteiger partial charge < -0.3 is 20.1 Å². The van der Waals surface area contributed by atoms with Gasteiger partial charge in [-0.3, -0.25) is 0 Å². The number of nitrogens with zero attached hydrogens (tertiary/aromatic N) is 4. The van der Waals surface area contributed by atoms with Gasteiger partial charge in [-0.1, -0.05) is 0 Å². The maximum atomic E-state index is 14.4. The summed E-state index contributed by atoms with van der Waals surface area (Å²) in [5.74, 6) is -3.71. The number of hydrogen-bond donors (Lipinski definition) is 3. The fourth-order valence-electron chi connectivity index (χ4n) is 4.23. The maximum Gasteiger partial charge on any atom is 0.335 e. The minimum atomic E-state index is -1.82. The molecular weight excluding hydrogens is 439 g/mol. The Morgan fingerprint density at radius 1 is 1.21 bits per heavy atom. The summed E-state index contributed by atoms with van der Waals surface area (Å²) in [6, 6.07) is 0.978. The number of halogens is 3. The lowest BCUT2D eigenvalue weighted by atomic mass is 9.82. The highest BCUT2D eigenvalue weighted by Gasteiger charge is 2.41. The number of aliphatic hydroxyl groups is 1. The average molecular weight is 463 g/mol. The maximum absolute atomic E-state index is 14.4. The molecule has 176 valence electrons. The SMILES string of the molecule is CC(C)Nc1ncc2nc(Cc3c(F)cc(F)cc3F)n(C3CCC(O)(C(=O)O)CC3)c2n1. The van der Waals surface area contributed by atoms with Crippen LogP contribution in [0.4, 0.5) is 19.1 Å². The summed E-state index contributed by atoms with van der Waals surface area (Å²) in [6.07, 6.45) is 1.85. The Morgan fingerprint density at radius 3 is 2.42 bits per heavy atom. The van der Waals surface area contributed by atoms with Gasteiger partial charge in [0.25, 0.3) is 0 Å². The van der Waals surface area contributed by atoms with Gasteiger partial charge in [-0.15, -0.1) is 0 Å². The van der Waals surface area contributed by atoms with Crippen LogP contribution >= 0.6 is 0 Å². The van der Waals surface area contributed by atoms with E-state index in [1.54, 1.807) is 4.57 Å². The zero-order valence-corrected chi connectivity index (χ0v) is 18.1. The Kier molecular flexibility index (Phi) is 6.00. The molecule has 8 nitrogen and oxygen atoms in total. The standard InChI is InChI=1S/C22H24F3N5O3/c1-11(2)27-21-26-10-17-19(29-21)30(13-3-5-22(33,6-4-13)20(31)32)18(28-17)9-14-15(24)7-12(23)8-16(14)25/h7-8,10-11,13,33H,3-6,9H2,1-2H3,(H,31,32)(H,26,27,29). The predicted molar refractivity (Wildman–Crippen MR) is 113 cm³/mol. The molecule has 1 aromatic carbocycles. The lowest BCUT2D eigenvalue weighted by Crippen LogP contribution is -2.42. The van der Waals surface area contributed by atoms with Crippen LogP contribution < -0.4 is 5.32 Å². The van der Waals surface area contributed by atoms with E-state index in [2.05, 4.69) is 20.3 Å². The van der Waals surface area contributed by atoms with E-state index < -0.39 is 29.0 Å². The van der Waals surface area contributed by atoms with Crippen LogP contribution in [0.15, 0.2) is 18.3 Å². The molecule has 2 aromatic heterocycles. The van der Waals surface area contributed by atoms with Gasteiger partial charge in [-0.05, 0) is 39.5 Å². The van der Waals surface area contributed by atoms with Gasteiger partial charge in [0.05, 0.1) is 6.20 Å². The molecule has 11 heteroatoms. The Hall–Kier alpha value is -3.21. The molecule has 0 amide bonds. The third-order valence-electron chi connectivity index (χ3n) is 5.91. The molecule has 2 heterocycles. The molecule has 1 aliphatic carbocycles. The van der Waals surface area contributed by atoms with Crippen molar-refractivity contribution < 1.29 is 28.2 Å². The first-order valence-electron chi connectivity index (χ1n) is 10.7. The highest BCUT2D eigenvalue weighted by Crippen LogP contribution is 2.38. The molecule has 0 spiro atoms. The molecule has 3 N–H and O–H groups in total. The normalized spacial score (nSPS) is 21.0. The van der Waals surface area contributed by atoms with Crippen molar-refractivity contribution in [2.24, 2.45) is 0 Å². The lowest BCUT2D eigenvalue weighted by Gasteiger charge is -2.34. The molecule has 0 saturated heterocycles. The Bertz CT molecular complexity index is 1180. The second-order valence-electron chi connectivity index (χ2n) is 8.69. The monoisotopic (exact) mass is 463 g/mol. The molecular formula is C22H24F3N5O3. The molecule has 3 aromatic rings. The van der Waals surface area contributed by atoms with Crippen molar-refractivity contribution in [3.63, 3.8) is 0 Å². The van der Waals surface area contributed by atoms with E-state index in [4.69, 9.17) is 0 Å². The van der Waals surface area contributed by atoms with Crippen molar-refractivity contribution in [3.8, 4) is 0 Å². The predicted octanol–water partition coefficient (Wildman–Crippen LogP) is 3.59. The third kappa shape index (κ3) is 4.50. The molecule has 1 fully saturated rings. The molecule has 0 radical (unpaired) electrons. The first-order valence-corrected chi connectivity index (χ1v) is 10.7. The quantitative estimate of drug-likeness (QED) is 0.512. The van der Waals surface area contributed by atoms with Crippen molar-refractivity contribution in [3.05, 3.63) is 47.2 Å². The summed E-state index contributed by atoms with van der Waals surface area (Å²) in [4.78, 5) is 24.7. The van der Waals surface area contributed by atoms with Crippen LogP contribution in [0.1, 0.15) is 57.0 Å². The Balaban J connectivity index is 1.79. The van der Waals surface area contributed by atoms with Gasteiger partial charge in [-0.25, -0.2) is 27.9 Å². The fraction of sp³-hybridized carbons (Fsp3) is 0.455. The first kappa shape index (κ1) is 23.0. The number of hydrogen-bond acceptors (Lipinski definition) is 6. The highest BCUT2D eigenvalue weighted by atomic mass is 19.1. The van der Waals surface area contributed by atoms with Crippen molar-refractivity contribution in [1.82, 2.24) is 19.5 Å². The van der Waals surface area contributed by atoms with Gasteiger partial charge in [0, 0.05) is 36.2 Å². The number of aromatic nitrogens is 4. The van der Waals surface area contributed by atoms with E-state index in [-0.39, 0.29) is 42.7 Å². The summed E-state index contributed by atoms with van der Waals surface area (Å²) in [5, 5.41) is 22.8. The molecule has 1 saturated carbocycles. The molecule has 1 aliphatic rings. The fourth-order valence-corrected chi connectivity index (χ4v) is 4.23. The number of aliphatic carboxylic acids is 1. The van der Waals surface area contributed by atoms with E-state index in [1.165, 1.54) is 6.20 Å². The van der Waals surface area contributed by atoms with Crippen LogP contribution in [0.3, 0.4) is 0 Å². The van der Waals surface area contributed by atoms with Gasteiger partial charge in [-0.2, -0.15) is 4.98 Å². The van der Waals surface area contributed by atoms with E-state index in [9.17, 15) is 28.2 Å². The van der Waals surface area contributed by atoms with E-state index in [1.807, 2.05) is 13.8 Å². The van der Waals surface area contributed by atoms with E-state index >= 15 is 0 Å². The Morgan fingerprint density at radius 2 is 1.85 bits per heavy atom. The van der Waals surface area contributed by atoms with Crippen molar-refractivity contribution >= 4 is 23.1 Å². The zero-order chi connectivity index (χ0) is 23.9. The molecule has 0 atom stereocenters. The average Bonchev–Trinajstić information content (AvgIpc) is 3.08. The number of benzene rings is 1. The summed E-state index contributed by atoms with van der Waals surface area (Å²) >= 11 is 0. The van der Waals surface area contributed by atoms with Crippen LogP contribution in [0.5, 0.6) is 0 Å². The number of imidazole rings is 1. The Labute approximate surface area is 187 Å². The summed E-state index contributed by atoms with van der Waals surface area (Å²) in [6.45, 7) is 3.84. The largest absolute Gasteiger partial charge is 0.479 e. The molecule has 4 rings (SSSR count). The number of rotatable bonds is 6. The van der Waals surface area contributed by atoms with Crippen LogP contribution in [-0.4, -0.2) is 47.3 Å². The number of nitrogens with one attached hydrogen (secondary N) is 1. The number of fused-ring (bicyclic) bond motifs is 1. The molecule has 0 aliphatic heterocycles. The van der Waals surface area contributed by atoms with Crippen LogP contribution in [-0.2, 0) is 11.2 Å². The minimum Gasteiger partial charge on any atom is -0.479 e. The third-order valence-corrected chi connectivity index (χ3v) is 5.91. The summed E-state index contributed by atoms with van der Waals surface area (Å²) < 4.78 is 43.8. The van der Waals surface area contributed by atoms with Crippen LogP contribution in [0.2, 0.25) is 0 Å². The molecule has 0 unspecified atom stereocenters. The van der Waals surface area contributed by atoms with Gasteiger partial charge >= 0.3 is 5.97 Å². The van der Waals surface area contributed by atoms with Gasteiger partial charge in [0.1, 0.15) is 28.8 Å². The van der Waals surface area contributed by atoms with Crippen LogP contribution in [0, 0.1) is 17.5 Å². The number of carboxylic acid groups (broad SMARTS) is 1. The van der Waals surface area contributed by atoms with Gasteiger partial charge in [0.15, 0.2) is 11.2 Å². The second kappa shape index (κ2) is 8.62. The number of carboxylic acids is 1. The number of anilines is 1. The van der Waals surface area contributed by atoms with Crippen LogP contribution in [0.25, 0.3) is 11.2 Å². The van der Waals surface area contributed by atoms with E-state index in [0.29, 0.717) is 42.1 Å². The van der Waals surface area contributed by atoms with Crippen molar-refractivity contribution in [2.45, 2.75) is 63.6 Å². The highest BCUT2D eigenvalue weighted by molar-refractivity contribution is 5.77. The van der Waals surface area contributed by atoms with Gasteiger partial charge in [0.2, 0.25) is 5.95 Å². The molecule has 33 heavy (non-hydrogen) atoms. The lowest BCUT2D eigenvalue weighted by molar-refractivity contribution is -0.162. The second-order valence-corrected chi connectivity index (χ2v) is 8.69. The number of carbonyl (C=O) groups is 1. The minimum absolute atomic E-state index is 0.00751. The summed E-state index contributed by atoms with van der Waals surface area (Å²) in [5.41, 5.74) is -1.32.